The van der Waals surface area contributed by atoms with Crippen LogP contribution < -0.4 is 16.1 Å². The Bertz CT molecular complexity index is 1070. The van der Waals surface area contributed by atoms with E-state index in [0.717, 1.165) is 29.4 Å². The number of carbonyl (C=O) groups is 2. The third kappa shape index (κ3) is 9.29. The fourth-order valence-electron chi connectivity index (χ4n) is 4.07. The Morgan fingerprint density at radius 2 is 1.51 bits per heavy atom. The monoisotopic (exact) mass is 538 g/mol. The van der Waals surface area contributed by atoms with E-state index in [-0.39, 0.29) is 12.6 Å². The molecule has 1 aliphatic rings. The zero-order valence-corrected chi connectivity index (χ0v) is 24.3. The van der Waals surface area contributed by atoms with E-state index in [4.69, 9.17) is 18.8 Å². The Balaban J connectivity index is 1.60. The van der Waals surface area contributed by atoms with Gasteiger partial charge in [0.2, 0.25) is 0 Å². The zero-order chi connectivity index (χ0) is 28.7. The summed E-state index contributed by atoms with van der Waals surface area (Å²) in [6, 6.07) is 17.2. The molecule has 212 valence electrons. The molecule has 0 unspecified atom stereocenters. The van der Waals surface area contributed by atoms with Crippen molar-refractivity contribution in [2.24, 2.45) is 0 Å². The standard InChI is InChI=1S/C30H43BN2O6/c1-28(2,3)37-26(34)32-20-12-11-15-25(33-27(35)36-21-22-13-9-8-10-14-22)23-16-18-24(19-17-23)31-38-29(4,5)30(6,7)39-31/h8-10,13-14,16-19,25H,11-12,15,20-21H2,1-7H3,(H,32,34)(H,33,35)/t25-/m1/s1. The van der Waals surface area contributed by atoms with Crippen LogP contribution in [0.15, 0.2) is 54.6 Å². The fraction of sp³-hybridized carbons (Fsp3) is 0.533. The molecule has 0 spiro atoms. The fourth-order valence-corrected chi connectivity index (χ4v) is 4.07. The molecule has 2 aromatic rings. The summed E-state index contributed by atoms with van der Waals surface area (Å²) in [7, 11) is -0.453. The lowest BCUT2D eigenvalue weighted by Gasteiger charge is -2.32. The predicted molar refractivity (Wildman–Crippen MR) is 153 cm³/mol. The van der Waals surface area contributed by atoms with Crippen molar-refractivity contribution in [2.75, 3.05) is 6.54 Å². The van der Waals surface area contributed by atoms with Gasteiger partial charge in [0.05, 0.1) is 17.2 Å². The first kappa shape index (κ1) is 30.5. The van der Waals surface area contributed by atoms with Crippen molar-refractivity contribution >= 4 is 24.8 Å². The highest BCUT2D eigenvalue weighted by atomic mass is 16.7. The van der Waals surface area contributed by atoms with E-state index in [1.54, 1.807) is 0 Å². The number of amides is 2. The number of benzene rings is 2. The molecule has 0 bridgehead atoms. The van der Waals surface area contributed by atoms with E-state index in [1.165, 1.54) is 0 Å². The van der Waals surface area contributed by atoms with Crippen molar-refractivity contribution in [2.45, 2.75) is 97.2 Å². The van der Waals surface area contributed by atoms with Gasteiger partial charge in [-0.2, -0.15) is 0 Å². The summed E-state index contributed by atoms with van der Waals surface area (Å²) in [4.78, 5) is 24.6. The Labute approximate surface area is 233 Å². The number of alkyl carbamates (subject to hydrolysis) is 2. The Kier molecular flexibility index (Phi) is 10.1. The predicted octanol–water partition coefficient (Wildman–Crippen LogP) is 5.65. The second-order valence-corrected chi connectivity index (χ2v) is 11.9. The molecule has 3 rings (SSSR count). The number of hydrogen-bond donors (Lipinski definition) is 2. The van der Waals surface area contributed by atoms with Crippen LogP contribution in [-0.4, -0.2) is 42.7 Å². The normalized spacial score (nSPS) is 16.8. The van der Waals surface area contributed by atoms with Gasteiger partial charge in [-0.15, -0.1) is 0 Å². The molecular formula is C30H43BN2O6. The molecule has 1 aliphatic heterocycles. The first-order chi connectivity index (χ1) is 18.3. The molecule has 1 heterocycles. The van der Waals surface area contributed by atoms with Gasteiger partial charge in [0, 0.05) is 6.54 Å². The molecular weight excluding hydrogens is 495 g/mol. The van der Waals surface area contributed by atoms with E-state index in [2.05, 4.69) is 10.6 Å². The lowest BCUT2D eigenvalue weighted by atomic mass is 9.78. The van der Waals surface area contributed by atoms with Crippen molar-refractivity contribution in [3.8, 4) is 0 Å². The van der Waals surface area contributed by atoms with E-state index in [9.17, 15) is 9.59 Å². The van der Waals surface area contributed by atoms with Gasteiger partial charge in [-0.3, -0.25) is 0 Å². The molecule has 0 radical (unpaired) electrons. The highest BCUT2D eigenvalue weighted by molar-refractivity contribution is 6.62. The maximum Gasteiger partial charge on any atom is 0.494 e. The van der Waals surface area contributed by atoms with E-state index < -0.39 is 36.1 Å². The first-order valence-electron chi connectivity index (χ1n) is 13.7. The molecule has 1 fully saturated rings. The summed E-state index contributed by atoms with van der Waals surface area (Å²) in [5.41, 5.74) is 1.42. The Hall–Kier alpha value is -3.04. The van der Waals surface area contributed by atoms with Crippen molar-refractivity contribution in [3.05, 3.63) is 65.7 Å². The smallest absolute Gasteiger partial charge is 0.445 e. The largest absolute Gasteiger partial charge is 0.494 e. The van der Waals surface area contributed by atoms with E-state index in [1.807, 2.05) is 103 Å². The van der Waals surface area contributed by atoms with Crippen LogP contribution in [0.3, 0.4) is 0 Å². The van der Waals surface area contributed by atoms with Crippen LogP contribution in [0.5, 0.6) is 0 Å². The van der Waals surface area contributed by atoms with Crippen molar-refractivity contribution in [1.82, 2.24) is 10.6 Å². The second kappa shape index (κ2) is 12.9. The number of carbonyl (C=O) groups excluding carboxylic acids is 2. The maximum absolute atomic E-state index is 12.7. The van der Waals surface area contributed by atoms with Gasteiger partial charge >= 0.3 is 19.3 Å². The van der Waals surface area contributed by atoms with Gasteiger partial charge in [0.15, 0.2) is 0 Å². The van der Waals surface area contributed by atoms with Gasteiger partial charge in [0.1, 0.15) is 12.2 Å². The number of unbranched alkanes of at least 4 members (excludes halogenated alkanes) is 1. The van der Waals surface area contributed by atoms with Crippen LogP contribution in [0.1, 0.15) is 84.9 Å². The second-order valence-electron chi connectivity index (χ2n) is 11.9. The lowest BCUT2D eigenvalue weighted by molar-refractivity contribution is 0.00578. The van der Waals surface area contributed by atoms with Crippen LogP contribution in [-0.2, 0) is 25.4 Å². The van der Waals surface area contributed by atoms with Crippen molar-refractivity contribution in [3.63, 3.8) is 0 Å². The summed E-state index contributed by atoms with van der Waals surface area (Å²) in [6.07, 6.45) is 1.28. The van der Waals surface area contributed by atoms with Crippen molar-refractivity contribution in [1.29, 1.82) is 0 Å². The molecule has 2 aromatic carbocycles. The summed E-state index contributed by atoms with van der Waals surface area (Å²) < 4.78 is 23.1. The molecule has 1 atom stereocenters. The van der Waals surface area contributed by atoms with Crippen LogP contribution in [0.2, 0.25) is 0 Å². The third-order valence-electron chi connectivity index (χ3n) is 6.96. The van der Waals surface area contributed by atoms with E-state index in [0.29, 0.717) is 13.0 Å². The summed E-state index contributed by atoms with van der Waals surface area (Å²) >= 11 is 0. The topological polar surface area (TPSA) is 95.1 Å². The van der Waals surface area contributed by atoms with Crippen molar-refractivity contribution < 1.29 is 28.4 Å². The zero-order valence-electron chi connectivity index (χ0n) is 24.3. The van der Waals surface area contributed by atoms with Crippen LogP contribution in [0, 0.1) is 0 Å². The first-order valence-corrected chi connectivity index (χ1v) is 13.7. The molecule has 0 aliphatic carbocycles. The Morgan fingerprint density at radius 3 is 2.10 bits per heavy atom. The molecule has 1 saturated heterocycles. The van der Waals surface area contributed by atoms with Gasteiger partial charge in [-0.05, 0) is 84.3 Å². The molecule has 2 N–H and O–H groups in total. The highest BCUT2D eigenvalue weighted by Crippen LogP contribution is 2.36. The number of ether oxygens (including phenoxy) is 2. The average Bonchev–Trinajstić information content (AvgIpc) is 3.08. The Morgan fingerprint density at radius 1 is 0.897 bits per heavy atom. The molecule has 2 amide bonds. The maximum atomic E-state index is 12.7. The summed E-state index contributed by atoms with van der Waals surface area (Å²) in [6.45, 7) is 14.3. The van der Waals surface area contributed by atoms with Gasteiger partial charge in [0.25, 0.3) is 0 Å². The number of hydrogen-bond acceptors (Lipinski definition) is 6. The lowest BCUT2D eigenvalue weighted by Crippen LogP contribution is -2.41. The van der Waals surface area contributed by atoms with Crippen LogP contribution in [0.4, 0.5) is 9.59 Å². The summed E-state index contributed by atoms with van der Waals surface area (Å²) in [5, 5.41) is 5.80. The van der Waals surface area contributed by atoms with Gasteiger partial charge < -0.3 is 29.4 Å². The minimum Gasteiger partial charge on any atom is -0.445 e. The molecule has 9 heteroatoms. The molecule has 0 aromatic heterocycles. The molecule has 8 nitrogen and oxygen atoms in total. The van der Waals surface area contributed by atoms with E-state index >= 15 is 0 Å². The third-order valence-corrected chi connectivity index (χ3v) is 6.96. The quantitative estimate of drug-likeness (QED) is 0.300. The minimum absolute atomic E-state index is 0.195. The molecule has 39 heavy (non-hydrogen) atoms. The molecule has 0 saturated carbocycles. The van der Waals surface area contributed by atoms with Gasteiger partial charge in [-0.25, -0.2) is 9.59 Å². The minimum atomic E-state index is -0.536. The SMILES string of the molecule is CC(C)(C)OC(=O)NCCCC[C@@H](NC(=O)OCc1ccccc1)c1ccc(B2OC(C)(C)C(C)(C)O2)cc1. The van der Waals surface area contributed by atoms with Gasteiger partial charge in [-0.1, -0.05) is 54.6 Å². The highest BCUT2D eigenvalue weighted by Gasteiger charge is 2.51. The number of nitrogens with one attached hydrogen (secondary N) is 2. The number of rotatable bonds is 10. The van der Waals surface area contributed by atoms with Crippen LogP contribution in [0.25, 0.3) is 0 Å². The average molecular weight is 538 g/mol. The summed E-state index contributed by atoms with van der Waals surface area (Å²) in [5.74, 6) is 0. The van der Waals surface area contributed by atoms with Crippen LogP contribution >= 0.6 is 0 Å².